The number of hydrogen-bond acceptors (Lipinski definition) is 2. The topological polar surface area (TPSA) is 79.1 Å². The lowest BCUT2D eigenvalue weighted by Crippen LogP contribution is -2.22. The molecule has 0 bridgehead atoms. The Morgan fingerprint density at radius 2 is 2.29 bits per heavy atom. The van der Waals surface area contributed by atoms with Gasteiger partial charge in [-0.1, -0.05) is 12.1 Å². The number of nitrogens with one attached hydrogen (secondary N) is 2. The van der Waals surface area contributed by atoms with Crippen molar-refractivity contribution >= 4 is 22.9 Å². The summed E-state index contributed by atoms with van der Waals surface area (Å²) >= 11 is 0. The molecule has 0 aliphatic carbocycles. The van der Waals surface area contributed by atoms with Crippen molar-refractivity contribution < 1.29 is 0 Å². The van der Waals surface area contributed by atoms with Gasteiger partial charge in [-0.05, 0) is 12.1 Å². The molecule has 0 spiro atoms. The summed E-state index contributed by atoms with van der Waals surface area (Å²) in [5.41, 5.74) is 7.38. The molecular formula is C9H11N5. The summed E-state index contributed by atoms with van der Waals surface area (Å²) in [7, 11) is 1.62. The van der Waals surface area contributed by atoms with Crippen molar-refractivity contribution in [3.63, 3.8) is 0 Å². The third-order valence-corrected chi connectivity index (χ3v) is 1.88. The Morgan fingerprint density at radius 1 is 1.50 bits per heavy atom. The summed E-state index contributed by atoms with van der Waals surface area (Å²) in [6.45, 7) is 0. The van der Waals surface area contributed by atoms with Crippen molar-refractivity contribution in [3.05, 3.63) is 24.3 Å². The van der Waals surface area contributed by atoms with Crippen LogP contribution in [-0.2, 0) is 0 Å². The molecule has 5 heteroatoms. The van der Waals surface area contributed by atoms with Crippen LogP contribution in [-0.4, -0.2) is 23.0 Å². The van der Waals surface area contributed by atoms with E-state index in [0.717, 1.165) is 11.0 Å². The van der Waals surface area contributed by atoms with Crippen LogP contribution in [0.4, 0.5) is 5.95 Å². The maximum atomic E-state index is 5.51. The molecule has 0 aliphatic rings. The molecule has 0 aliphatic heterocycles. The fourth-order valence-corrected chi connectivity index (χ4v) is 1.19. The molecule has 0 radical (unpaired) electrons. The number of fused-ring (bicyclic) bond motifs is 1. The minimum Gasteiger partial charge on any atom is -0.370 e. The number of rotatable bonds is 1. The van der Waals surface area contributed by atoms with Gasteiger partial charge in [-0.2, -0.15) is 0 Å². The van der Waals surface area contributed by atoms with Crippen molar-refractivity contribution in [1.29, 1.82) is 0 Å². The van der Waals surface area contributed by atoms with E-state index in [1.54, 1.807) is 7.05 Å². The Labute approximate surface area is 81.1 Å². The molecule has 1 aromatic carbocycles. The summed E-state index contributed by atoms with van der Waals surface area (Å²) in [5.74, 6) is 0.943. The lowest BCUT2D eigenvalue weighted by atomic mass is 10.3. The third kappa shape index (κ3) is 1.52. The van der Waals surface area contributed by atoms with E-state index in [4.69, 9.17) is 5.73 Å². The predicted octanol–water partition coefficient (Wildman–Crippen LogP) is 0.919. The number of aliphatic imine (C=N–C) groups is 1. The third-order valence-electron chi connectivity index (χ3n) is 1.88. The first-order valence-electron chi connectivity index (χ1n) is 4.23. The van der Waals surface area contributed by atoms with E-state index in [1.165, 1.54) is 0 Å². The SMILES string of the molecule is CN=C(N)Nc1nc2ccccc2[nH]1. The summed E-state index contributed by atoms with van der Waals surface area (Å²) in [6.07, 6.45) is 0. The second-order valence-corrected chi connectivity index (χ2v) is 2.84. The number of benzene rings is 1. The maximum absolute atomic E-state index is 5.51. The molecule has 4 N–H and O–H groups in total. The Bertz CT molecular complexity index is 438. The second-order valence-electron chi connectivity index (χ2n) is 2.84. The van der Waals surface area contributed by atoms with Gasteiger partial charge in [-0.15, -0.1) is 0 Å². The van der Waals surface area contributed by atoms with Crippen LogP contribution in [0.3, 0.4) is 0 Å². The molecule has 0 saturated carbocycles. The lowest BCUT2D eigenvalue weighted by Gasteiger charge is -1.97. The molecule has 72 valence electrons. The first kappa shape index (κ1) is 8.55. The van der Waals surface area contributed by atoms with Gasteiger partial charge in [0.1, 0.15) is 0 Å². The number of nitrogens with two attached hydrogens (primary N) is 1. The molecule has 5 nitrogen and oxygen atoms in total. The van der Waals surface area contributed by atoms with Crippen molar-refractivity contribution in [2.45, 2.75) is 0 Å². The number of imidazole rings is 1. The highest BCUT2D eigenvalue weighted by Gasteiger charge is 2.01. The summed E-state index contributed by atoms with van der Waals surface area (Å²) in [4.78, 5) is 11.1. The minimum absolute atomic E-state index is 0.337. The van der Waals surface area contributed by atoms with E-state index < -0.39 is 0 Å². The van der Waals surface area contributed by atoms with Gasteiger partial charge < -0.3 is 10.7 Å². The number of para-hydroxylation sites is 2. The van der Waals surface area contributed by atoms with E-state index in [0.29, 0.717) is 11.9 Å². The zero-order valence-corrected chi connectivity index (χ0v) is 7.78. The van der Waals surface area contributed by atoms with Crippen LogP contribution < -0.4 is 11.1 Å². The molecule has 14 heavy (non-hydrogen) atoms. The molecule has 1 heterocycles. The average Bonchev–Trinajstić information content (AvgIpc) is 2.59. The van der Waals surface area contributed by atoms with E-state index in [9.17, 15) is 0 Å². The Hall–Kier alpha value is -2.04. The number of nitrogens with zero attached hydrogens (tertiary/aromatic N) is 2. The lowest BCUT2D eigenvalue weighted by molar-refractivity contribution is 1.29. The molecule has 0 amide bonds. The maximum Gasteiger partial charge on any atom is 0.208 e. The summed E-state index contributed by atoms with van der Waals surface area (Å²) in [6, 6.07) is 7.76. The standard InChI is InChI=1S/C9H11N5/c1-11-8(10)14-9-12-6-4-2-3-5-7(6)13-9/h2-5H,1H3,(H4,10,11,12,13,14). The Kier molecular flexibility index (Phi) is 2.06. The highest BCUT2D eigenvalue weighted by molar-refractivity contribution is 5.92. The molecule has 2 rings (SSSR count). The number of anilines is 1. The van der Waals surface area contributed by atoms with Gasteiger partial charge in [-0.25, -0.2) is 4.98 Å². The quantitative estimate of drug-likeness (QED) is 0.461. The van der Waals surface area contributed by atoms with Gasteiger partial charge in [0, 0.05) is 7.05 Å². The van der Waals surface area contributed by atoms with Crippen LogP contribution in [0.25, 0.3) is 11.0 Å². The van der Waals surface area contributed by atoms with Crippen molar-refractivity contribution in [2.24, 2.45) is 10.7 Å². The van der Waals surface area contributed by atoms with Gasteiger partial charge in [0.25, 0.3) is 0 Å². The van der Waals surface area contributed by atoms with Gasteiger partial charge in [-0.3, -0.25) is 10.3 Å². The molecule has 0 atom stereocenters. The number of guanidine groups is 1. The Balaban J connectivity index is 2.36. The van der Waals surface area contributed by atoms with E-state index in [1.807, 2.05) is 24.3 Å². The number of H-pyrrole nitrogens is 1. The molecule has 0 fully saturated rings. The van der Waals surface area contributed by atoms with E-state index >= 15 is 0 Å². The summed E-state index contributed by atoms with van der Waals surface area (Å²) in [5, 5.41) is 2.84. The van der Waals surface area contributed by atoms with Crippen molar-refractivity contribution in [3.8, 4) is 0 Å². The van der Waals surface area contributed by atoms with Crippen LogP contribution in [0.1, 0.15) is 0 Å². The Morgan fingerprint density at radius 3 is 3.00 bits per heavy atom. The average molecular weight is 189 g/mol. The van der Waals surface area contributed by atoms with Gasteiger partial charge in [0.15, 0.2) is 5.96 Å². The van der Waals surface area contributed by atoms with Crippen LogP contribution in [0.15, 0.2) is 29.3 Å². The van der Waals surface area contributed by atoms with Crippen LogP contribution in [0.5, 0.6) is 0 Å². The largest absolute Gasteiger partial charge is 0.370 e. The molecule has 2 aromatic rings. The minimum atomic E-state index is 0.337. The fourth-order valence-electron chi connectivity index (χ4n) is 1.19. The monoisotopic (exact) mass is 189 g/mol. The van der Waals surface area contributed by atoms with Crippen molar-refractivity contribution in [1.82, 2.24) is 9.97 Å². The fraction of sp³-hybridized carbons (Fsp3) is 0.111. The van der Waals surface area contributed by atoms with Crippen LogP contribution in [0, 0.1) is 0 Å². The molecule has 1 aromatic heterocycles. The van der Waals surface area contributed by atoms with Crippen LogP contribution >= 0.6 is 0 Å². The van der Waals surface area contributed by atoms with Crippen LogP contribution in [0.2, 0.25) is 0 Å². The molecule has 0 unspecified atom stereocenters. The van der Waals surface area contributed by atoms with E-state index in [2.05, 4.69) is 20.3 Å². The van der Waals surface area contributed by atoms with Gasteiger partial charge in [0.2, 0.25) is 5.95 Å². The number of hydrogen-bond donors (Lipinski definition) is 3. The van der Waals surface area contributed by atoms with Crippen molar-refractivity contribution in [2.75, 3.05) is 12.4 Å². The zero-order valence-electron chi connectivity index (χ0n) is 7.78. The van der Waals surface area contributed by atoms with Gasteiger partial charge in [0.05, 0.1) is 11.0 Å². The highest BCUT2D eigenvalue weighted by atomic mass is 15.2. The highest BCUT2D eigenvalue weighted by Crippen LogP contribution is 2.12. The molecular weight excluding hydrogens is 178 g/mol. The molecule has 0 saturated heterocycles. The second kappa shape index (κ2) is 3.37. The number of aromatic nitrogens is 2. The zero-order chi connectivity index (χ0) is 9.97. The first-order valence-corrected chi connectivity index (χ1v) is 4.23. The predicted molar refractivity (Wildman–Crippen MR) is 57.3 cm³/mol. The normalized spacial score (nSPS) is 11.9. The smallest absolute Gasteiger partial charge is 0.208 e. The first-order chi connectivity index (χ1) is 6.79. The van der Waals surface area contributed by atoms with E-state index in [-0.39, 0.29) is 0 Å². The number of aromatic amines is 1. The van der Waals surface area contributed by atoms with Gasteiger partial charge >= 0.3 is 0 Å². The summed E-state index contributed by atoms with van der Waals surface area (Å²) < 4.78 is 0.